The van der Waals surface area contributed by atoms with Crippen LogP contribution in [-0.2, 0) is 14.6 Å². The monoisotopic (exact) mass is 396 g/mol. The average molecular weight is 397 g/mol. The van der Waals surface area contributed by atoms with Gasteiger partial charge in [0, 0.05) is 0 Å². The fourth-order valence-electron chi connectivity index (χ4n) is 3.77. The Labute approximate surface area is 160 Å². The molecule has 2 aliphatic heterocycles. The molecule has 4 nitrogen and oxygen atoms in total. The van der Waals surface area contributed by atoms with E-state index >= 15 is 0 Å². The molecule has 2 aliphatic rings. The molecule has 1 fully saturated rings. The largest absolute Gasteiger partial charge is 0.508 e. The first-order valence-corrected chi connectivity index (χ1v) is 11.0. The molecule has 1 saturated heterocycles. The van der Waals surface area contributed by atoms with Gasteiger partial charge in [0.1, 0.15) is 11.0 Å². The van der Waals surface area contributed by atoms with Crippen molar-refractivity contribution in [1.82, 2.24) is 0 Å². The number of halogens is 1. The van der Waals surface area contributed by atoms with Crippen LogP contribution in [0.5, 0.6) is 5.75 Å². The van der Waals surface area contributed by atoms with Gasteiger partial charge < -0.3 is 9.84 Å². The van der Waals surface area contributed by atoms with Crippen LogP contribution >= 0.6 is 11.6 Å². The minimum Gasteiger partial charge on any atom is -0.508 e. The number of phenols is 1. The van der Waals surface area contributed by atoms with E-state index in [1.807, 2.05) is 26.8 Å². The first-order valence-electron chi connectivity index (χ1n) is 8.90. The Hall–Kier alpha value is -1.30. The zero-order valence-electron chi connectivity index (χ0n) is 15.3. The summed E-state index contributed by atoms with van der Waals surface area (Å²) in [7, 11) is -3.10. The second-order valence-electron chi connectivity index (χ2n) is 7.49. The van der Waals surface area contributed by atoms with Crippen molar-refractivity contribution in [1.29, 1.82) is 0 Å². The van der Waals surface area contributed by atoms with Crippen LogP contribution in [0.2, 0.25) is 5.02 Å². The Bertz CT molecular complexity index is 868. The van der Waals surface area contributed by atoms with Crippen LogP contribution in [0, 0.1) is 5.92 Å². The molecule has 1 aromatic rings. The Kier molecular flexibility index (Phi) is 5.52. The lowest BCUT2D eigenvalue weighted by molar-refractivity contribution is 0.117. The van der Waals surface area contributed by atoms with E-state index in [0.717, 1.165) is 35.1 Å². The maximum absolute atomic E-state index is 12.4. The number of hydrogen-bond acceptors (Lipinski definition) is 4. The summed E-state index contributed by atoms with van der Waals surface area (Å²) in [5.41, 5.74) is 4.05. The van der Waals surface area contributed by atoms with Crippen LogP contribution in [0.25, 0.3) is 6.08 Å². The third-order valence-corrected chi connectivity index (χ3v) is 7.48. The summed E-state index contributed by atoms with van der Waals surface area (Å²) < 4.78 is 30.6. The van der Waals surface area contributed by atoms with Crippen LogP contribution < -0.4 is 0 Å². The maximum atomic E-state index is 12.4. The van der Waals surface area contributed by atoms with Crippen molar-refractivity contribution < 1.29 is 18.3 Å². The van der Waals surface area contributed by atoms with E-state index in [2.05, 4.69) is 0 Å². The van der Waals surface area contributed by atoms with Crippen LogP contribution in [0.3, 0.4) is 0 Å². The number of aromatic hydroxyl groups is 1. The SMILES string of the molecule is C/C(=C\c1ccc(O)cc1Cl)CC[C@H]1OC[C@H]2C1=C(C(C)C)CS2(=O)=O. The Balaban J connectivity index is 1.73. The number of hydrogen-bond donors (Lipinski definition) is 1. The van der Waals surface area contributed by atoms with Gasteiger partial charge in [-0.05, 0) is 60.6 Å². The number of phenolic OH excluding ortho intramolecular Hbond substituents is 1. The van der Waals surface area contributed by atoms with Crippen LogP contribution in [-0.4, -0.2) is 37.2 Å². The molecule has 0 aliphatic carbocycles. The van der Waals surface area contributed by atoms with Crippen molar-refractivity contribution in [3.63, 3.8) is 0 Å². The zero-order chi connectivity index (χ0) is 19.1. The number of allylic oxidation sites excluding steroid dienone is 1. The summed E-state index contributed by atoms with van der Waals surface area (Å²) in [6.45, 7) is 6.41. The van der Waals surface area contributed by atoms with Gasteiger partial charge in [-0.2, -0.15) is 0 Å². The molecular formula is C20H25ClO4S. The number of rotatable bonds is 5. The highest BCUT2D eigenvalue weighted by Crippen LogP contribution is 2.41. The molecular weight excluding hydrogens is 372 g/mol. The lowest BCUT2D eigenvalue weighted by Gasteiger charge is -2.16. The van der Waals surface area contributed by atoms with Crippen molar-refractivity contribution in [3.8, 4) is 5.75 Å². The van der Waals surface area contributed by atoms with E-state index in [1.54, 1.807) is 12.1 Å². The van der Waals surface area contributed by atoms with Crippen molar-refractivity contribution in [2.24, 2.45) is 5.92 Å². The third kappa shape index (κ3) is 3.85. The fourth-order valence-corrected chi connectivity index (χ4v) is 6.11. The summed E-state index contributed by atoms with van der Waals surface area (Å²) in [5.74, 6) is 0.551. The van der Waals surface area contributed by atoms with E-state index in [4.69, 9.17) is 16.3 Å². The smallest absolute Gasteiger partial charge is 0.163 e. The first kappa shape index (κ1) is 19.5. The number of fused-ring (bicyclic) bond motifs is 1. The van der Waals surface area contributed by atoms with E-state index in [0.29, 0.717) is 5.02 Å². The molecule has 2 heterocycles. The van der Waals surface area contributed by atoms with E-state index in [9.17, 15) is 13.5 Å². The molecule has 26 heavy (non-hydrogen) atoms. The quantitative estimate of drug-likeness (QED) is 0.750. The Morgan fingerprint density at radius 1 is 1.42 bits per heavy atom. The number of sulfone groups is 1. The Morgan fingerprint density at radius 3 is 2.81 bits per heavy atom. The van der Waals surface area contributed by atoms with Crippen molar-refractivity contribution in [2.45, 2.75) is 45.0 Å². The summed E-state index contributed by atoms with van der Waals surface area (Å²) in [6.07, 6.45) is 3.43. The summed E-state index contributed by atoms with van der Waals surface area (Å²) in [6, 6.07) is 4.92. The minimum absolute atomic E-state index is 0.117. The lowest BCUT2D eigenvalue weighted by Crippen LogP contribution is -2.19. The van der Waals surface area contributed by atoms with Gasteiger partial charge in [-0.25, -0.2) is 8.42 Å². The molecule has 0 radical (unpaired) electrons. The molecule has 6 heteroatoms. The molecule has 0 unspecified atom stereocenters. The van der Waals surface area contributed by atoms with E-state index in [1.165, 1.54) is 6.07 Å². The van der Waals surface area contributed by atoms with Gasteiger partial charge >= 0.3 is 0 Å². The van der Waals surface area contributed by atoms with E-state index in [-0.39, 0.29) is 30.1 Å². The van der Waals surface area contributed by atoms with Gasteiger partial charge in [0.25, 0.3) is 0 Å². The molecule has 1 N–H and O–H groups in total. The molecule has 0 spiro atoms. The second kappa shape index (κ2) is 7.37. The van der Waals surface area contributed by atoms with Gasteiger partial charge in [0.15, 0.2) is 9.84 Å². The van der Waals surface area contributed by atoms with Gasteiger partial charge in [0.2, 0.25) is 0 Å². The molecule has 0 saturated carbocycles. The predicted molar refractivity (Wildman–Crippen MR) is 105 cm³/mol. The second-order valence-corrected chi connectivity index (χ2v) is 10.1. The standard InChI is InChI=1S/C20H25ClO4S/c1-12(2)16-11-26(23,24)19-10-25-18(20(16)19)7-4-13(3)8-14-5-6-15(22)9-17(14)21/h5-6,8-9,12,18-19,22H,4,7,10-11H2,1-3H3/b13-8+/t18-,19+/m1/s1. The van der Waals surface area contributed by atoms with Gasteiger partial charge in [-0.15, -0.1) is 0 Å². The van der Waals surface area contributed by atoms with Crippen molar-refractivity contribution >= 4 is 27.5 Å². The van der Waals surface area contributed by atoms with Crippen LogP contribution in [0.15, 0.2) is 34.9 Å². The van der Waals surface area contributed by atoms with Crippen molar-refractivity contribution in [2.75, 3.05) is 12.4 Å². The number of benzene rings is 1. The summed E-state index contributed by atoms with van der Waals surface area (Å²) >= 11 is 6.16. The molecule has 142 valence electrons. The first-order chi connectivity index (χ1) is 12.2. The lowest BCUT2D eigenvalue weighted by atomic mass is 9.92. The topological polar surface area (TPSA) is 63.6 Å². The Morgan fingerprint density at radius 2 is 2.15 bits per heavy atom. The third-order valence-electron chi connectivity index (χ3n) is 5.19. The van der Waals surface area contributed by atoms with Crippen LogP contribution in [0.4, 0.5) is 0 Å². The average Bonchev–Trinajstić information content (AvgIpc) is 3.08. The van der Waals surface area contributed by atoms with Gasteiger partial charge in [-0.3, -0.25) is 0 Å². The maximum Gasteiger partial charge on any atom is 0.163 e. The summed E-state index contributed by atoms with van der Waals surface area (Å²) in [4.78, 5) is 0. The van der Waals surface area contributed by atoms with Gasteiger partial charge in [-0.1, -0.05) is 37.1 Å². The molecule has 1 aromatic carbocycles. The molecule has 0 aromatic heterocycles. The number of ether oxygens (including phenoxy) is 1. The molecule has 0 bridgehead atoms. The van der Waals surface area contributed by atoms with Gasteiger partial charge in [0.05, 0.1) is 23.5 Å². The molecule has 0 amide bonds. The van der Waals surface area contributed by atoms with Crippen molar-refractivity contribution in [3.05, 3.63) is 45.5 Å². The van der Waals surface area contributed by atoms with Crippen LogP contribution in [0.1, 0.15) is 39.2 Å². The highest BCUT2D eigenvalue weighted by Gasteiger charge is 2.47. The molecule has 2 atom stereocenters. The predicted octanol–water partition coefficient (Wildman–Crippen LogP) is 4.38. The summed E-state index contributed by atoms with van der Waals surface area (Å²) in [5, 5.41) is 9.51. The molecule has 3 rings (SSSR count). The van der Waals surface area contributed by atoms with E-state index < -0.39 is 15.1 Å². The normalized spacial score (nSPS) is 25.2. The fraction of sp³-hybridized carbons (Fsp3) is 0.500. The highest BCUT2D eigenvalue weighted by atomic mass is 35.5. The minimum atomic E-state index is -3.10. The zero-order valence-corrected chi connectivity index (χ0v) is 16.9. The highest BCUT2D eigenvalue weighted by molar-refractivity contribution is 7.92.